The fourth-order valence-electron chi connectivity index (χ4n) is 2.98. The number of hydrogen-bond donors (Lipinski definition) is 1. The second-order valence-corrected chi connectivity index (χ2v) is 4.98. The smallest absolute Gasteiger partial charge is 0.266 e. The molecule has 2 fully saturated rings. The Morgan fingerprint density at radius 1 is 1.22 bits per heavy atom. The van der Waals surface area contributed by atoms with Crippen LogP contribution in [0.15, 0.2) is 30.3 Å². The summed E-state index contributed by atoms with van der Waals surface area (Å²) in [6.07, 6.45) is 0. The van der Waals surface area contributed by atoms with E-state index in [0.717, 1.165) is 5.56 Å². The Hall–Kier alpha value is -0.710. The van der Waals surface area contributed by atoms with Crippen LogP contribution in [0.1, 0.15) is 5.56 Å². The molecule has 2 aliphatic rings. The molecule has 2 heterocycles. The third kappa shape index (κ3) is 2.37. The zero-order chi connectivity index (χ0) is 11.9. The van der Waals surface area contributed by atoms with Crippen molar-refractivity contribution < 1.29 is 8.78 Å². The Kier molecular flexibility index (Phi) is 3.90. The number of fused-ring (bicyclic) bond motifs is 1. The molecule has 100 valence electrons. The molecule has 0 aliphatic carbocycles. The van der Waals surface area contributed by atoms with Gasteiger partial charge in [0.25, 0.3) is 5.92 Å². The van der Waals surface area contributed by atoms with Gasteiger partial charge in [-0.15, -0.1) is 12.4 Å². The maximum atomic E-state index is 13.8. The molecule has 2 nitrogen and oxygen atoms in total. The third-order valence-corrected chi connectivity index (χ3v) is 3.84. The van der Waals surface area contributed by atoms with Crippen molar-refractivity contribution in [2.45, 2.75) is 18.5 Å². The minimum Gasteiger partial charge on any atom is -0.315 e. The van der Waals surface area contributed by atoms with E-state index in [1.165, 1.54) is 0 Å². The molecule has 0 aromatic heterocycles. The first kappa shape index (κ1) is 13.7. The highest BCUT2D eigenvalue weighted by Gasteiger charge is 2.55. The first-order chi connectivity index (χ1) is 8.17. The van der Waals surface area contributed by atoms with Gasteiger partial charge >= 0.3 is 0 Å². The van der Waals surface area contributed by atoms with Crippen molar-refractivity contribution in [1.82, 2.24) is 10.2 Å². The number of benzene rings is 1. The number of nitrogens with one attached hydrogen (secondary N) is 1. The van der Waals surface area contributed by atoms with E-state index in [1.54, 1.807) is 0 Å². The quantitative estimate of drug-likeness (QED) is 0.889. The van der Waals surface area contributed by atoms with E-state index in [4.69, 9.17) is 0 Å². The summed E-state index contributed by atoms with van der Waals surface area (Å²) in [6, 6.07) is 9.83. The van der Waals surface area contributed by atoms with Crippen LogP contribution < -0.4 is 5.32 Å². The normalized spacial score (nSPS) is 29.9. The maximum absolute atomic E-state index is 13.8. The summed E-state index contributed by atoms with van der Waals surface area (Å²) in [7, 11) is 0. The molecule has 0 bridgehead atoms. The van der Waals surface area contributed by atoms with Gasteiger partial charge in [-0.05, 0) is 5.56 Å². The summed E-state index contributed by atoms with van der Waals surface area (Å²) in [5.74, 6) is -3.05. The van der Waals surface area contributed by atoms with Crippen molar-refractivity contribution in [3.05, 3.63) is 35.9 Å². The van der Waals surface area contributed by atoms with Gasteiger partial charge in [-0.3, -0.25) is 4.90 Å². The van der Waals surface area contributed by atoms with Gasteiger partial charge in [-0.1, -0.05) is 30.3 Å². The van der Waals surface area contributed by atoms with Gasteiger partial charge in [-0.25, -0.2) is 8.78 Å². The van der Waals surface area contributed by atoms with E-state index in [0.29, 0.717) is 19.6 Å². The van der Waals surface area contributed by atoms with Gasteiger partial charge in [0, 0.05) is 25.7 Å². The van der Waals surface area contributed by atoms with Crippen molar-refractivity contribution in [1.29, 1.82) is 0 Å². The second-order valence-electron chi connectivity index (χ2n) is 4.98. The summed E-state index contributed by atoms with van der Waals surface area (Å²) in [5.41, 5.74) is 1.11. The highest BCUT2D eigenvalue weighted by Crippen LogP contribution is 2.40. The Bertz CT molecular complexity index is 399. The molecule has 1 N–H and O–H groups in total. The van der Waals surface area contributed by atoms with Crippen molar-refractivity contribution >= 4 is 12.4 Å². The Balaban J connectivity index is 0.00000120. The molecule has 0 unspecified atom stereocenters. The molecule has 3 rings (SSSR count). The van der Waals surface area contributed by atoms with Crippen LogP contribution >= 0.6 is 12.4 Å². The Morgan fingerprint density at radius 2 is 1.94 bits per heavy atom. The maximum Gasteiger partial charge on any atom is 0.266 e. The lowest BCUT2D eigenvalue weighted by Gasteiger charge is -2.21. The Labute approximate surface area is 112 Å². The van der Waals surface area contributed by atoms with Crippen LogP contribution in [0.3, 0.4) is 0 Å². The zero-order valence-electron chi connectivity index (χ0n) is 9.98. The largest absolute Gasteiger partial charge is 0.315 e. The van der Waals surface area contributed by atoms with Crippen molar-refractivity contribution in [3.63, 3.8) is 0 Å². The molecule has 0 radical (unpaired) electrons. The van der Waals surface area contributed by atoms with Gasteiger partial charge in [0.1, 0.15) is 0 Å². The summed E-state index contributed by atoms with van der Waals surface area (Å²) in [5, 5.41) is 3.07. The number of nitrogens with zero attached hydrogens (tertiary/aromatic N) is 1. The second kappa shape index (κ2) is 5.11. The molecule has 1 aromatic carbocycles. The number of rotatable bonds is 2. The molecule has 0 amide bonds. The van der Waals surface area contributed by atoms with Gasteiger partial charge in [0.15, 0.2) is 0 Å². The minimum absolute atomic E-state index is 0. The van der Waals surface area contributed by atoms with Crippen LogP contribution in [0.4, 0.5) is 8.78 Å². The van der Waals surface area contributed by atoms with E-state index in [-0.39, 0.29) is 25.0 Å². The predicted molar refractivity (Wildman–Crippen MR) is 69.2 cm³/mol. The average molecular weight is 275 g/mol. The third-order valence-electron chi connectivity index (χ3n) is 3.84. The number of halogens is 3. The van der Waals surface area contributed by atoms with Crippen LogP contribution in [-0.2, 0) is 6.54 Å². The fourth-order valence-corrected chi connectivity index (χ4v) is 2.98. The van der Waals surface area contributed by atoms with Gasteiger partial charge in [-0.2, -0.15) is 0 Å². The van der Waals surface area contributed by atoms with Crippen LogP contribution in [0, 0.1) is 5.92 Å². The SMILES string of the molecule is Cl.FC1(F)CN(Cc2ccccc2)[C@H]2CNC[C@H]21. The molecule has 2 atom stereocenters. The lowest BCUT2D eigenvalue weighted by atomic mass is 10.0. The first-order valence-electron chi connectivity index (χ1n) is 6.03. The lowest BCUT2D eigenvalue weighted by molar-refractivity contribution is -0.0245. The zero-order valence-corrected chi connectivity index (χ0v) is 10.8. The standard InChI is InChI=1S/C13H16F2N2.ClH/c14-13(15)9-17(12-7-16-6-11(12)13)8-10-4-2-1-3-5-10;/h1-5,11-12,16H,6-9H2;1H/t11-,12+;/m1./s1. The molecule has 5 heteroatoms. The summed E-state index contributed by atoms with van der Waals surface area (Å²) >= 11 is 0. The van der Waals surface area contributed by atoms with E-state index >= 15 is 0 Å². The van der Waals surface area contributed by atoms with E-state index in [2.05, 4.69) is 5.32 Å². The number of hydrogen-bond acceptors (Lipinski definition) is 2. The topological polar surface area (TPSA) is 15.3 Å². The van der Waals surface area contributed by atoms with Gasteiger partial charge in [0.05, 0.1) is 12.5 Å². The fraction of sp³-hybridized carbons (Fsp3) is 0.538. The molecule has 0 spiro atoms. The lowest BCUT2D eigenvalue weighted by Crippen LogP contribution is -2.34. The van der Waals surface area contributed by atoms with Crippen molar-refractivity contribution in [2.75, 3.05) is 19.6 Å². The van der Waals surface area contributed by atoms with Crippen LogP contribution in [-0.4, -0.2) is 36.5 Å². The highest BCUT2D eigenvalue weighted by molar-refractivity contribution is 5.85. The van der Waals surface area contributed by atoms with Crippen LogP contribution in [0.5, 0.6) is 0 Å². The highest BCUT2D eigenvalue weighted by atomic mass is 35.5. The van der Waals surface area contributed by atoms with E-state index < -0.39 is 11.8 Å². The molecular weight excluding hydrogens is 258 g/mol. The molecular formula is C13H17ClF2N2. The van der Waals surface area contributed by atoms with Crippen LogP contribution in [0.2, 0.25) is 0 Å². The average Bonchev–Trinajstić information content (AvgIpc) is 2.85. The summed E-state index contributed by atoms with van der Waals surface area (Å²) < 4.78 is 27.5. The van der Waals surface area contributed by atoms with Crippen molar-refractivity contribution in [3.8, 4) is 0 Å². The monoisotopic (exact) mass is 274 g/mol. The number of alkyl halides is 2. The first-order valence-corrected chi connectivity index (χ1v) is 6.03. The van der Waals surface area contributed by atoms with E-state index in [1.807, 2.05) is 35.2 Å². The molecule has 2 aliphatic heterocycles. The Morgan fingerprint density at radius 3 is 2.67 bits per heavy atom. The number of likely N-dealkylation sites (tertiary alicyclic amines) is 1. The molecule has 18 heavy (non-hydrogen) atoms. The predicted octanol–water partition coefficient (Wildman–Crippen LogP) is 2.15. The molecule has 1 aromatic rings. The van der Waals surface area contributed by atoms with E-state index in [9.17, 15) is 8.78 Å². The molecule has 2 saturated heterocycles. The minimum atomic E-state index is -2.54. The molecule has 0 saturated carbocycles. The van der Waals surface area contributed by atoms with Crippen molar-refractivity contribution in [2.24, 2.45) is 5.92 Å². The summed E-state index contributed by atoms with van der Waals surface area (Å²) in [4.78, 5) is 1.92. The van der Waals surface area contributed by atoms with Crippen LogP contribution in [0.25, 0.3) is 0 Å². The van der Waals surface area contributed by atoms with Gasteiger partial charge in [0.2, 0.25) is 0 Å². The van der Waals surface area contributed by atoms with Gasteiger partial charge < -0.3 is 5.32 Å². The summed E-state index contributed by atoms with van der Waals surface area (Å²) in [6.45, 7) is 1.66.